The van der Waals surface area contributed by atoms with Crippen molar-refractivity contribution in [2.45, 2.75) is 45.1 Å². The summed E-state index contributed by atoms with van der Waals surface area (Å²) in [7, 11) is 0. The third-order valence-corrected chi connectivity index (χ3v) is 6.05. The number of rotatable bonds is 5. The molecule has 2 aliphatic heterocycles. The van der Waals surface area contributed by atoms with Crippen LogP contribution >= 0.6 is 0 Å². The van der Waals surface area contributed by atoms with E-state index in [1.54, 1.807) is 0 Å². The van der Waals surface area contributed by atoms with Crippen molar-refractivity contribution in [2.75, 3.05) is 36.0 Å². The molecule has 1 aromatic heterocycles. The summed E-state index contributed by atoms with van der Waals surface area (Å²) in [5, 5.41) is 3.08. The molecule has 29 heavy (non-hydrogen) atoms. The zero-order chi connectivity index (χ0) is 19.9. The Kier molecular flexibility index (Phi) is 6.60. The summed E-state index contributed by atoms with van der Waals surface area (Å²) in [6.45, 7) is 4.46. The molecule has 0 atom stereocenters. The Balaban J connectivity index is 1.26. The van der Waals surface area contributed by atoms with Gasteiger partial charge in [-0.2, -0.15) is 0 Å². The third kappa shape index (κ3) is 5.25. The van der Waals surface area contributed by atoms with Crippen molar-refractivity contribution in [2.24, 2.45) is 5.92 Å². The van der Waals surface area contributed by atoms with Crippen molar-refractivity contribution < 1.29 is 4.79 Å². The molecule has 0 radical (unpaired) electrons. The molecule has 6 nitrogen and oxygen atoms in total. The Morgan fingerprint density at radius 2 is 1.55 bits per heavy atom. The average molecular weight is 394 g/mol. The summed E-state index contributed by atoms with van der Waals surface area (Å²) in [6.07, 6.45) is 10.7. The standard InChI is InChI=1S/C23H31N5O/c29-22(24-16-19-8-4-3-5-9-19)20-10-14-27(15-11-20)21-17-25-23(26-18-21)28-12-6-1-2-7-13-28/h3-5,8-9,17-18,20H,1-2,6-7,10-16H2,(H,24,29). The Morgan fingerprint density at radius 3 is 2.21 bits per heavy atom. The van der Waals surface area contributed by atoms with Crippen molar-refractivity contribution in [3.8, 4) is 0 Å². The number of carbonyl (C=O) groups is 1. The highest BCUT2D eigenvalue weighted by molar-refractivity contribution is 5.79. The molecular weight excluding hydrogens is 362 g/mol. The first-order chi connectivity index (χ1) is 14.3. The molecule has 1 amide bonds. The van der Waals surface area contributed by atoms with Crippen molar-refractivity contribution in [1.82, 2.24) is 15.3 Å². The summed E-state index contributed by atoms with van der Waals surface area (Å²) in [6, 6.07) is 10.1. The highest BCUT2D eigenvalue weighted by atomic mass is 16.1. The molecule has 4 rings (SSSR count). The Morgan fingerprint density at radius 1 is 0.897 bits per heavy atom. The van der Waals surface area contributed by atoms with Crippen LogP contribution in [0.4, 0.5) is 11.6 Å². The smallest absolute Gasteiger partial charge is 0.225 e. The quantitative estimate of drug-likeness (QED) is 0.844. The van der Waals surface area contributed by atoms with E-state index in [2.05, 4.69) is 25.1 Å². The van der Waals surface area contributed by atoms with Crippen LogP contribution in [0.25, 0.3) is 0 Å². The molecular formula is C23H31N5O. The number of anilines is 2. The molecule has 2 saturated heterocycles. The molecule has 0 aliphatic carbocycles. The van der Waals surface area contributed by atoms with Gasteiger partial charge in [0, 0.05) is 38.6 Å². The van der Waals surface area contributed by atoms with E-state index in [1.165, 1.54) is 25.7 Å². The molecule has 2 aliphatic rings. The fourth-order valence-corrected chi connectivity index (χ4v) is 4.24. The highest BCUT2D eigenvalue weighted by Crippen LogP contribution is 2.24. The van der Waals surface area contributed by atoms with Crippen LogP contribution in [0.1, 0.15) is 44.1 Å². The van der Waals surface area contributed by atoms with E-state index in [0.29, 0.717) is 6.54 Å². The van der Waals surface area contributed by atoms with Gasteiger partial charge in [-0.05, 0) is 31.2 Å². The number of hydrogen-bond donors (Lipinski definition) is 1. The molecule has 3 heterocycles. The third-order valence-electron chi connectivity index (χ3n) is 6.05. The Bertz CT molecular complexity index is 764. The summed E-state index contributed by atoms with van der Waals surface area (Å²) >= 11 is 0. The van der Waals surface area contributed by atoms with Crippen molar-refractivity contribution in [1.29, 1.82) is 0 Å². The minimum atomic E-state index is 0.0900. The van der Waals surface area contributed by atoms with Gasteiger partial charge in [0.25, 0.3) is 0 Å². The van der Waals surface area contributed by atoms with Crippen LogP contribution in [0.15, 0.2) is 42.7 Å². The zero-order valence-electron chi connectivity index (χ0n) is 17.1. The second-order valence-electron chi connectivity index (χ2n) is 8.11. The summed E-state index contributed by atoms with van der Waals surface area (Å²) in [5.74, 6) is 1.11. The summed E-state index contributed by atoms with van der Waals surface area (Å²) in [4.78, 5) is 26.4. The molecule has 6 heteroatoms. The van der Waals surface area contributed by atoms with Crippen molar-refractivity contribution in [3.05, 3.63) is 48.3 Å². The van der Waals surface area contributed by atoms with Gasteiger partial charge in [-0.1, -0.05) is 43.2 Å². The van der Waals surface area contributed by atoms with Crippen LogP contribution in [0.3, 0.4) is 0 Å². The van der Waals surface area contributed by atoms with Crippen molar-refractivity contribution >= 4 is 17.5 Å². The minimum Gasteiger partial charge on any atom is -0.369 e. The lowest BCUT2D eigenvalue weighted by Crippen LogP contribution is -2.40. The minimum absolute atomic E-state index is 0.0900. The molecule has 0 unspecified atom stereocenters. The SMILES string of the molecule is O=C(NCc1ccccc1)C1CCN(c2cnc(N3CCCCCC3)nc2)CC1. The first-order valence-electron chi connectivity index (χ1n) is 10.9. The number of nitrogens with one attached hydrogen (secondary N) is 1. The number of nitrogens with zero attached hydrogens (tertiary/aromatic N) is 4. The Labute approximate surface area is 173 Å². The number of aromatic nitrogens is 2. The second kappa shape index (κ2) is 9.72. The van der Waals surface area contributed by atoms with Gasteiger partial charge in [0.15, 0.2) is 0 Å². The highest BCUT2D eigenvalue weighted by Gasteiger charge is 2.25. The van der Waals surface area contributed by atoms with Gasteiger partial charge < -0.3 is 15.1 Å². The maximum atomic E-state index is 12.5. The fourth-order valence-electron chi connectivity index (χ4n) is 4.24. The normalized spacial score (nSPS) is 18.3. The van der Waals surface area contributed by atoms with Gasteiger partial charge in [0.1, 0.15) is 0 Å². The molecule has 1 N–H and O–H groups in total. The van der Waals surface area contributed by atoms with Gasteiger partial charge in [-0.15, -0.1) is 0 Å². The van der Waals surface area contributed by atoms with Crippen LogP contribution in [0.5, 0.6) is 0 Å². The van der Waals surface area contributed by atoms with E-state index in [0.717, 1.165) is 56.2 Å². The molecule has 0 spiro atoms. The van der Waals surface area contributed by atoms with Crippen LogP contribution in [0, 0.1) is 5.92 Å². The topological polar surface area (TPSA) is 61.4 Å². The van der Waals surface area contributed by atoms with Crippen LogP contribution < -0.4 is 15.1 Å². The van der Waals surface area contributed by atoms with Gasteiger partial charge in [0.05, 0.1) is 18.1 Å². The van der Waals surface area contributed by atoms with Gasteiger partial charge >= 0.3 is 0 Å². The second-order valence-corrected chi connectivity index (χ2v) is 8.11. The van der Waals surface area contributed by atoms with E-state index in [1.807, 2.05) is 42.7 Å². The number of piperidine rings is 1. The summed E-state index contributed by atoms with van der Waals surface area (Å²) < 4.78 is 0. The first kappa shape index (κ1) is 19.7. The van der Waals surface area contributed by atoms with E-state index in [9.17, 15) is 4.79 Å². The van der Waals surface area contributed by atoms with E-state index in [4.69, 9.17) is 0 Å². The molecule has 2 aromatic rings. The van der Waals surface area contributed by atoms with E-state index in [-0.39, 0.29) is 11.8 Å². The summed E-state index contributed by atoms with van der Waals surface area (Å²) in [5.41, 5.74) is 2.20. The Hall–Kier alpha value is -2.63. The molecule has 1 aromatic carbocycles. The number of benzene rings is 1. The predicted octanol–water partition coefficient (Wildman–Crippen LogP) is 3.39. The van der Waals surface area contributed by atoms with Gasteiger partial charge in [-0.25, -0.2) is 9.97 Å². The van der Waals surface area contributed by atoms with Gasteiger partial charge in [-0.3, -0.25) is 4.79 Å². The first-order valence-corrected chi connectivity index (χ1v) is 10.9. The average Bonchev–Trinajstić information content (AvgIpc) is 3.08. The monoisotopic (exact) mass is 393 g/mol. The zero-order valence-corrected chi connectivity index (χ0v) is 17.1. The maximum absolute atomic E-state index is 12.5. The number of hydrogen-bond acceptors (Lipinski definition) is 5. The van der Waals surface area contributed by atoms with Crippen molar-refractivity contribution in [3.63, 3.8) is 0 Å². The predicted molar refractivity (Wildman–Crippen MR) is 116 cm³/mol. The largest absolute Gasteiger partial charge is 0.369 e. The molecule has 0 bridgehead atoms. The fraction of sp³-hybridized carbons (Fsp3) is 0.522. The molecule has 2 fully saturated rings. The van der Waals surface area contributed by atoms with E-state index >= 15 is 0 Å². The maximum Gasteiger partial charge on any atom is 0.225 e. The molecule has 0 saturated carbocycles. The van der Waals surface area contributed by atoms with Crippen LogP contribution in [0.2, 0.25) is 0 Å². The van der Waals surface area contributed by atoms with Gasteiger partial charge in [0.2, 0.25) is 11.9 Å². The van der Waals surface area contributed by atoms with E-state index < -0.39 is 0 Å². The number of carbonyl (C=O) groups excluding carboxylic acids is 1. The number of amides is 1. The van der Waals surface area contributed by atoms with Crippen LogP contribution in [-0.4, -0.2) is 42.1 Å². The lowest BCUT2D eigenvalue weighted by atomic mass is 9.95. The molecule has 154 valence electrons. The lowest BCUT2D eigenvalue weighted by Gasteiger charge is -2.32. The van der Waals surface area contributed by atoms with Crippen LogP contribution in [-0.2, 0) is 11.3 Å². The lowest BCUT2D eigenvalue weighted by molar-refractivity contribution is -0.125.